The number of rotatable bonds is 4. The van der Waals surface area contributed by atoms with Crippen LogP contribution in [-0.2, 0) is 5.41 Å². The van der Waals surface area contributed by atoms with E-state index in [-0.39, 0.29) is 0 Å². The van der Waals surface area contributed by atoms with Gasteiger partial charge < -0.3 is 9.47 Å². The number of hydrogen-bond donors (Lipinski definition) is 0. The minimum Gasteiger partial charge on any atom is -0.310 e. The molecule has 0 saturated heterocycles. The highest BCUT2D eigenvalue weighted by Gasteiger charge is 2.46. The molecule has 0 spiro atoms. The lowest BCUT2D eigenvalue weighted by molar-refractivity contribution is 0.731. The molecule has 0 amide bonds. The first kappa shape index (κ1) is 31.1. The average molecular weight is 675 g/mol. The number of para-hydroxylation sites is 2. The summed E-state index contributed by atoms with van der Waals surface area (Å²) in [6.45, 7) is 0. The van der Waals surface area contributed by atoms with Gasteiger partial charge in [-0.1, -0.05) is 66.7 Å². The Morgan fingerprint density at radius 1 is 0.396 bits per heavy atom. The highest BCUT2D eigenvalue weighted by Crippen LogP contribution is 2.57. The van der Waals surface area contributed by atoms with E-state index in [0.717, 1.165) is 66.8 Å². The largest absolute Gasteiger partial charge is 0.310 e. The molecule has 1 aliphatic heterocycles. The number of nitriles is 4. The Hall–Kier alpha value is -7.90. The molecular formula is C47H26N6. The summed E-state index contributed by atoms with van der Waals surface area (Å²) in [6, 6.07) is 61.4. The third kappa shape index (κ3) is 4.62. The van der Waals surface area contributed by atoms with Gasteiger partial charge in [0.25, 0.3) is 0 Å². The second-order valence-corrected chi connectivity index (χ2v) is 13.0. The quantitative estimate of drug-likeness (QED) is 0.185. The van der Waals surface area contributed by atoms with Crippen molar-refractivity contribution in [2.24, 2.45) is 0 Å². The molecule has 0 bridgehead atoms. The van der Waals surface area contributed by atoms with Crippen LogP contribution in [0.3, 0.4) is 0 Å². The molecule has 0 saturated carbocycles. The zero-order valence-electron chi connectivity index (χ0n) is 28.2. The highest BCUT2D eigenvalue weighted by molar-refractivity contribution is 6.10. The lowest BCUT2D eigenvalue weighted by Gasteiger charge is -2.46. The summed E-state index contributed by atoms with van der Waals surface area (Å²) in [7, 11) is 0. The van der Waals surface area contributed by atoms with Crippen molar-refractivity contribution in [2.45, 2.75) is 5.41 Å². The molecular weight excluding hydrogens is 649 g/mol. The Balaban J connectivity index is 1.31. The smallest absolute Gasteiger partial charge is 0.0991 e. The predicted molar refractivity (Wildman–Crippen MR) is 206 cm³/mol. The van der Waals surface area contributed by atoms with Crippen LogP contribution in [0.2, 0.25) is 0 Å². The van der Waals surface area contributed by atoms with E-state index in [1.54, 1.807) is 0 Å². The third-order valence-electron chi connectivity index (χ3n) is 10.4. The number of benzene rings is 7. The summed E-state index contributed by atoms with van der Waals surface area (Å²) in [5.41, 5.74) is 11.4. The Morgan fingerprint density at radius 2 is 0.830 bits per heavy atom. The van der Waals surface area contributed by atoms with Crippen molar-refractivity contribution in [3.63, 3.8) is 0 Å². The van der Waals surface area contributed by atoms with Crippen molar-refractivity contribution >= 4 is 38.9 Å². The summed E-state index contributed by atoms with van der Waals surface area (Å²) < 4.78 is 2.19. The Bertz CT molecular complexity index is 2760. The monoisotopic (exact) mass is 674 g/mol. The van der Waals surface area contributed by atoms with Gasteiger partial charge in [-0.15, -0.1) is 0 Å². The topological polar surface area (TPSA) is 103 Å². The molecule has 1 aromatic heterocycles. The van der Waals surface area contributed by atoms with Crippen molar-refractivity contribution in [2.75, 3.05) is 4.90 Å². The molecule has 0 fully saturated rings. The van der Waals surface area contributed by atoms with Gasteiger partial charge in [0, 0.05) is 22.1 Å². The van der Waals surface area contributed by atoms with Crippen molar-refractivity contribution in [3.8, 4) is 30.0 Å². The molecule has 0 N–H and O–H groups in total. The molecule has 6 heteroatoms. The molecule has 7 aromatic carbocycles. The van der Waals surface area contributed by atoms with Crippen LogP contribution in [-0.4, -0.2) is 4.57 Å². The second-order valence-electron chi connectivity index (χ2n) is 13.0. The zero-order valence-corrected chi connectivity index (χ0v) is 28.2. The Labute approximate surface area is 306 Å². The van der Waals surface area contributed by atoms with Crippen LogP contribution in [0.4, 0.5) is 17.1 Å². The van der Waals surface area contributed by atoms with Gasteiger partial charge in [0.15, 0.2) is 0 Å². The first-order valence-electron chi connectivity index (χ1n) is 17.1. The maximum Gasteiger partial charge on any atom is 0.0991 e. The van der Waals surface area contributed by atoms with Gasteiger partial charge in [-0.3, -0.25) is 0 Å². The summed E-state index contributed by atoms with van der Waals surface area (Å²) in [5, 5.41) is 40.7. The van der Waals surface area contributed by atoms with Crippen molar-refractivity contribution in [1.29, 1.82) is 21.0 Å². The number of nitrogens with zero attached hydrogens (tertiary/aromatic N) is 6. The van der Waals surface area contributed by atoms with Crippen LogP contribution in [0.25, 0.3) is 27.5 Å². The van der Waals surface area contributed by atoms with E-state index in [1.165, 1.54) is 0 Å². The first-order valence-corrected chi connectivity index (χ1v) is 17.1. The Morgan fingerprint density at radius 3 is 1.30 bits per heavy atom. The molecule has 2 heterocycles. The molecule has 53 heavy (non-hydrogen) atoms. The maximum atomic E-state index is 9.72. The molecule has 0 radical (unpaired) electrons. The summed E-state index contributed by atoms with van der Waals surface area (Å²) in [5.74, 6) is 0. The van der Waals surface area contributed by atoms with Gasteiger partial charge >= 0.3 is 0 Å². The van der Waals surface area contributed by atoms with Gasteiger partial charge in [-0.2, -0.15) is 21.0 Å². The van der Waals surface area contributed by atoms with E-state index < -0.39 is 5.41 Å². The number of hydrogen-bond acceptors (Lipinski definition) is 5. The van der Waals surface area contributed by atoms with E-state index in [9.17, 15) is 21.0 Å². The van der Waals surface area contributed by atoms with Crippen molar-refractivity contribution in [1.82, 2.24) is 4.57 Å². The van der Waals surface area contributed by atoms with Gasteiger partial charge in [0.1, 0.15) is 0 Å². The zero-order chi connectivity index (χ0) is 36.1. The molecule has 6 nitrogen and oxygen atoms in total. The number of fused-ring (bicyclic) bond motifs is 5. The van der Waals surface area contributed by atoms with Crippen LogP contribution in [0.1, 0.15) is 44.5 Å². The van der Waals surface area contributed by atoms with Gasteiger partial charge in [-0.25, -0.2) is 0 Å². The van der Waals surface area contributed by atoms with Crippen LogP contribution < -0.4 is 4.90 Å². The molecule has 9 rings (SSSR count). The van der Waals surface area contributed by atoms with Gasteiger partial charge in [0.05, 0.1) is 74.4 Å². The van der Waals surface area contributed by atoms with E-state index in [0.29, 0.717) is 22.3 Å². The maximum absolute atomic E-state index is 9.72. The number of aromatic nitrogens is 1. The fourth-order valence-electron chi connectivity index (χ4n) is 8.11. The van der Waals surface area contributed by atoms with Crippen LogP contribution in [0.5, 0.6) is 0 Å². The summed E-state index contributed by atoms with van der Waals surface area (Å²) in [6.07, 6.45) is 0. The normalized spacial score (nSPS) is 12.6. The lowest BCUT2D eigenvalue weighted by atomic mass is 9.62. The van der Waals surface area contributed by atoms with Crippen molar-refractivity contribution in [3.05, 3.63) is 202 Å². The van der Waals surface area contributed by atoms with Gasteiger partial charge in [-0.05, 0) is 113 Å². The minimum atomic E-state index is -0.771. The molecule has 0 atom stereocenters. The van der Waals surface area contributed by atoms with Crippen LogP contribution in [0.15, 0.2) is 158 Å². The van der Waals surface area contributed by atoms with Crippen LogP contribution >= 0.6 is 0 Å². The molecule has 0 unspecified atom stereocenters. The summed E-state index contributed by atoms with van der Waals surface area (Å²) in [4.78, 5) is 2.30. The fourth-order valence-corrected chi connectivity index (χ4v) is 8.11. The SMILES string of the molecule is N#Cc1ccc(C2(c3ccc(C#N)cc3)c3ccccc3N(c3cccc(-n4c5ccc(C#N)cc5c5cc(C#N)ccc54)c3)c3ccccc32)cc1. The van der Waals surface area contributed by atoms with E-state index in [4.69, 9.17) is 0 Å². The third-order valence-corrected chi connectivity index (χ3v) is 10.4. The second kappa shape index (κ2) is 12.2. The predicted octanol–water partition coefficient (Wildman–Crippen LogP) is 10.4. The number of anilines is 3. The average Bonchev–Trinajstić information content (AvgIpc) is 3.55. The summed E-state index contributed by atoms with van der Waals surface area (Å²) >= 11 is 0. The molecule has 8 aromatic rings. The first-order chi connectivity index (χ1) is 26.1. The van der Waals surface area contributed by atoms with E-state index >= 15 is 0 Å². The molecule has 0 aliphatic carbocycles. The fraction of sp³-hybridized carbons (Fsp3) is 0.0213. The Kier molecular flexibility index (Phi) is 7.13. The lowest BCUT2D eigenvalue weighted by Crippen LogP contribution is -2.37. The minimum absolute atomic E-state index is 0.558. The molecule has 1 aliphatic rings. The van der Waals surface area contributed by atoms with Gasteiger partial charge in [0.2, 0.25) is 0 Å². The van der Waals surface area contributed by atoms with E-state index in [1.807, 2.05) is 84.9 Å². The highest BCUT2D eigenvalue weighted by atomic mass is 15.2. The molecule has 244 valence electrons. The van der Waals surface area contributed by atoms with Crippen LogP contribution in [0, 0.1) is 45.3 Å². The van der Waals surface area contributed by atoms with E-state index in [2.05, 4.69) is 107 Å². The van der Waals surface area contributed by atoms with Crippen molar-refractivity contribution < 1.29 is 0 Å². The standard InChI is InChI=1S/C47H26N6/c48-27-31-12-18-35(19-13-31)47(36-20-14-32(28-49)15-21-36)41-8-1-3-10-45(41)53(46-11-4-2-9-42(46)47)38-7-5-6-37(26-38)52-43-22-16-33(29-50)24-39(43)40-25-34(30-51)17-23-44(40)52/h1-26H.